The normalized spacial score (nSPS) is 10.8. The minimum Gasteiger partial charge on any atom is -0.456 e. The van der Waals surface area contributed by atoms with Gasteiger partial charge < -0.3 is 8.60 Å². The Hall–Kier alpha value is -2.04. The van der Waals surface area contributed by atoms with Crippen molar-refractivity contribution in [3.8, 4) is 11.3 Å². The van der Waals surface area contributed by atoms with Crippen molar-refractivity contribution in [2.75, 3.05) is 7.11 Å². The highest BCUT2D eigenvalue weighted by Gasteiger charge is 2.07. The number of fused-ring (bicyclic) bond motifs is 1. The molecule has 0 unspecified atom stereocenters. The minimum atomic E-state index is -0.0522. The highest BCUT2D eigenvalue weighted by molar-refractivity contribution is 7.94. The van der Waals surface area contributed by atoms with E-state index in [1.807, 2.05) is 36.4 Å². The number of hydrogen-bond acceptors (Lipinski definition) is 4. The second-order valence-corrected chi connectivity index (χ2v) is 5.22. The summed E-state index contributed by atoms with van der Waals surface area (Å²) in [6, 6.07) is 16.6. The Balaban J connectivity index is 2.16. The maximum Gasteiger partial charge on any atom is 0.193 e. The number of benzene rings is 2. The summed E-state index contributed by atoms with van der Waals surface area (Å²) >= 11 is 1.22. The van der Waals surface area contributed by atoms with E-state index in [0.717, 1.165) is 10.5 Å². The van der Waals surface area contributed by atoms with E-state index in [9.17, 15) is 4.79 Å². The third kappa shape index (κ3) is 2.48. The molecule has 0 spiro atoms. The molecule has 3 rings (SSSR count). The van der Waals surface area contributed by atoms with Gasteiger partial charge in [-0.15, -0.1) is 0 Å². The van der Waals surface area contributed by atoms with Crippen LogP contribution in [0.2, 0.25) is 0 Å². The number of hydrogen-bond donors (Lipinski definition) is 0. The first-order chi connectivity index (χ1) is 9.78. The molecule has 20 heavy (non-hydrogen) atoms. The van der Waals surface area contributed by atoms with Gasteiger partial charge in [0.25, 0.3) is 0 Å². The third-order valence-corrected chi connectivity index (χ3v) is 3.55. The van der Waals surface area contributed by atoms with E-state index in [1.54, 1.807) is 19.2 Å². The van der Waals surface area contributed by atoms with Gasteiger partial charge in [-0.2, -0.15) is 0 Å². The van der Waals surface area contributed by atoms with E-state index in [-0.39, 0.29) is 5.43 Å². The van der Waals surface area contributed by atoms with Gasteiger partial charge in [0.1, 0.15) is 11.3 Å². The van der Waals surface area contributed by atoms with Gasteiger partial charge in [-0.3, -0.25) is 4.79 Å². The van der Waals surface area contributed by atoms with Crippen LogP contribution in [0.3, 0.4) is 0 Å². The highest BCUT2D eigenvalue weighted by atomic mass is 32.2. The fourth-order valence-corrected chi connectivity index (χ4v) is 2.51. The summed E-state index contributed by atoms with van der Waals surface area (Å²) in [4.78, 5) is 13.1. The average molecular weight is 284 g/mol. The predicted octanol–water partition coefficient (Wildman–Crippen LogP) is 4.11. The van der Waals surface area contributed by atoms with Gasteiger partial charge in [-0.25, -0.2) is 0 Å². The molecule has 0 atom stereocenters. The molecule has 100 valence electrons. The molecule has 0 N–H and O–H groups in total. The van der Waals surface area contributed by atoms with Crippen molar-refractivity contribution in [2.45, 2.75) is 4.90 Å². The van der Waals surface area contributed by atoms with Gasteiger partial charge in [-0.05, 0) is 18.2 Å². The molecule has 3 nitrogen and oxygen atoms in total. The molecule has 3 aromatic rings. The lowest BCUT2D eigenvalue weighted by Crippen LogP contribution is -2.00. The molecule has 1 heterocycles. The molecule has 0 aliphatic rings. The summed E-state index contributed by atoms with van der Waals surface area (Å²) in [6.45, 7) is 0. The second kappa shape index (κ2) is 5.53. The molecular formula is C16H12O3S. The molecule has 0 bridgehead atoms. The van der Waals surface area contributed by atoms with Crippen molar-refractivity contribution in [1.29, 1.82) is 0 Å². The van der Waals surface area contributed by atoms with Gasteiger partial charge in [0.05, 0.1) is 12.5 Å². The highest BCUT2D eigenvalue weighted by Crippen LogP contribution is 2.25. The summed E-state index contributed by atoms with van der Waals surface area (Å²) in [5.74, 6) is 0.579. The Labute approximate surface area is 120 Å². The number of rotatable bonds is 3. The SMILES string of the molecule is COSc1ccc2oc(-c3ccccc3)cc(=O)c2c1. The maximum absolute atomic E-state index is 12.2. The van der Waals surface area contributed by atoms with Gasteiger partial charge in [0.2, 0.25) is 0 Å². The van der Waals surface area contributed by atoms with Crippen molar-refractivity contribution >= 4 is 23.0 Å². The van der Waals surface area contributed by atoms with Crippen LogP contribution in [0.4, 0.5) is 0 Å². The first-order valence-corrected chi connectivity index (χ1v) is 6.86. The van der Waals surface area contributed by atoms with Crippen molar-refractivity contribution in [2.24, 2.45) is 0 Å². The Morgan fingerprint density at radius 3 is 2.60 bits per heavy atom. The molecule has 4 heteroatoms. The van der Waals surface area contributed by atoms with E-state index in [0.29, 0.717) is 16.7 Å². The van der Waals surface area contributed by atoms with E-state index in [1.165, 1.54) is 18.1 Å². The summed E-state index contributed by atoms with van der Waals surface area (Å²) in [6.07, 6.45) is 0. The Bertz CT molecular complexity index is 794. The summed E-state index contributed by atoms with van der Waals surface area (Å²) in [5.41, 5.74) is 1.42. The standard InChI is InChI=1S/C16H12O3S/c1-18-20-12-7-8-15-13(9-12)14(17)10-16(19-15)11-5-3-2-4-6-11/h2-10H,1H3. The van der Waals surface area contributed by atoms with Crippen LogP contribution in [0.1, 0.15) is 0 Å². The van der Waals surface area contributed by atoms with E-state index >= 15 is 0 Å². The summed E-state index contributed by atoms with van der Waals surface area (Å²) in [5, 5.41) is 0.562. The lowest BCUT2D eigenvalue weighted by atomic mass is 10.1. The van der Waals surface area contributed by atoms with Crippen LogP contribution in [0.15, 0.2) is 68.7 Å². The Morgan fingerprint density at radius 2 is 1.85 bits per heavy atom. The molecule has 0 radical (unpaired) electrons. The third-order valence-electron chi connectivity index (χ3n) is 2.94. The fraction of sp³-hybridized carbons (Fsp3) is 0.0625. The molecule has 0 saturated heterocycles. The lowest BCUT2D eigenvalue weighted by molar-refractivity contribution is 0.490. The quantitative estimate of drug-likeness (QED) is 0.678. The maximum atomic E-state index is 12.2. The Morgan fingerprint density at radius 1 is 1.05 bits per heavy atom. The van der Waals surface area contributed by atoms with Crippen LogP contribution in [-0.2, 0) is 4.18 Å². The zero-order valence-electron chi connectivity index (χ0n) is 10.8. The molecule has 0 aliphatic heterocycles. The first-order valence-electron chi connectivity index (χ1n) is 6.12. The van der Waals surface area contributed by atoms with Crippen LogP contribution in [-0.4, -0.2) is 7.11 Å². The molecule has 1 aromatic heterocycles. The molecule has 0 aliphatic carbocycles. The van der Waals surface area contributed by atoms with E-state index in [2.05, 4.69) is 0 Å². The topological polar surface area (TPSA) is 39.4 Å². The van der Waals surface area contributed by atoms with E-state index in [4.69, 9.17) is 8.60 Å². The average Bonchev–Trinajstić information content (AvgIpc) is 2.49. The lowest BCUT2D eigenvalue weighted by Gasteiger charge is -2.04. The minimum absolute atomic E-state index is 0.0522. The molecule has 0 fully saturated rings. The molecular weight excluding hydrogens is 272 g/mol. The van der Waals surface area contributed by atoms with Crippen LogP contribution in [0, 0.1) is 0 Å². The first kappa shape index (κ1) is 13.0. The largest absolute Gasteiger partial charge is 0.456 e. The second-order valence-electron chi connectivity index (χ2n) is 4.25. The predicted molar refractivity (Wildman–Crippen MR) is 80.8 cm³/mol. The van der Waals surface area contributed by atoms with Gasteiger partial charge in [0, 0.05) is 28.6 Å². The van der Waals surface area contributed by atoms with Crippen LogP contribution in [0.5, 0.6) is 0 Å². The fourth-order valence-electron chi connectivity index (χ4n) is 2.03. The van der Waals surface area contributed by atoms with E-state index < -0.39 is 0 Å². The van der Waals surface area contributed by atoms with Crippen molar-refractivity contribution in [1.82, 2.24) is 0 Å². The van der Waals surface area contributed by atoms with Crippen molar-refractivity contribution in [3.63, 3.8) is 0 Å². The van der Waals surface area contributed by atoms with Crippen LogP contribution >= 0.6 is 12.0 Å². The van der Waals surface area contributed by atoms with Crippen molar-refractivity contribution in [3.05, 3.63) is 64.8 Å². The Kier molecular flexibility index (Phi) is 3.58. The van der Waals surface area contributed by atoms with Gasteiger partial charge >= 0.3 is 0 Å². The van der Waals surface area contributed by atoms with Gasteiger partial charge in [0.15, 0.2) is 5.43 Å². The zero-order valence-corrected chi connectivity index (χ0v) is 11.6. The van der Waals surface area contributed by atoms with Crippen LogP contribution < -0.4 is 5.43 Å². The smallest absolute Gasteiger partial charge is 0.193 e. The monoisotopic (exact) mass is 284 g/mol. The van der Waals surface area contributed by atoms with Crippen molar-refractivity contribution < 1.29 is 8.60 Å². The van der Waals surface area contributed by atoms with Crippen LogP contribution in [0.25, 0.3) is 22.3 Å². The molecule has 2 aromatic carbocycles. The molecule has 0 saturated carbocycles. The summed E-state index contributed by atoms with van der Waals surface area (Å²) in [7, 11) is 1.59. The zero-order chi connectivity index (χ0) is 13.9. The molecule has 0 amide bonds. The van der Waals surface area contributed by atoms with Gasteiger partial charge in [-0.1, -0.05) is 30.3 Å². The summed E-state index contributed by atoms with van der Waals surface area (Å²) < 4.78 is 10.8.